The van der Waals surface area contributed by atoms with Crippen molar-refractivity contribution in [3.05, 3.63) is 11.6 Å². The molecule has 0 bridgehead atoms. The SMILES string of the molecule is C/C(=C/CBr)COC(C)(C)C. The van der Waals surface area contributed by atoms with E-state index in [0.717, 1.165) is 11.9 Å². The van der Waals surface area contributed by atoms with Crippen LogP contribution in [-0.4, -0.2) is 17.5 Å². The van der Waals surface area contributed by atoms with Crippen LogP contribution in [0.1, 0.15) is 27.7 Å². The molecule has 0 unspecified atom stereocenters. The van der Waals surface area contributed by atoms with E-state index in [4.69, 9.17) is 4.74 Å². The zero-order valence-corrected chi connectivity index (χ0v) is 9.36. The molecule has 0 N–H and O–H groups in total. The van der Waals surface area contributed by atoms with E-state index < -0.39 is 0 Å². The zero-order chi connectivity index (χ0) is 8.91. The quantitative estimate of drug-likeness (QED) is 0.525. The molecule has 11 heavy (non-hydrogen) atoms. The molecule has 0 radical (unpaired) electrons. The second-order valence-corrected chi connectivity index (χ2v) is 4.25. The third-order valence-electron chi connectivity index (χ3n) is 1.16. The van der Waals surface area contributed by atoms with Gasteiger partial charge in [0.1, 0.15) is 0 Å². The van der Waals surface area contributed by atoms with Crippen molar-refractivity contribution >= 4 is 15.9 Å². The summed E-state index contributed by atoms with van der Waals surface area (Å²) in [4.78, 5) is 0. The van der Waals surface area contributed by atoms with Gasteiger partial charge in [0.25, 0.3) is 0 Å². The molecule has 66 valence electrons. The number of alkyl halides is 1. The van der Waals surface area contributed by atoms with Crippen LogP contribution in [0.5, 0.6) is 0 Å². The van der Waals surface area contributed by atoms with E-state index in [0.29, 0.717) is 0 Å². The Morgan fingerprint density at radius 2 is 2.00 bits per heavy atom. The van der Waals surface area contributed by atoms with Crippen molar-refractivity contribution in [2.75, 3.05) is 11.9 Å². The molecule has 0 fully saturated rings. The lowest BCUT2D eigenvalue weighted by Crippen LogP contribution is -2.20. The van der Waals surface area contributed by atoms with Gasteiger partial charge in [-0.2, -0.15) is 0 Å². The third-order valence-corrected chi connectivity index (χ3v) is 1.48. The van der Waals surface area contributed by atoms with Crippen LogP contribution in [0.4, 0.5) is 0 Å². The monoisotopic (exact) mass is 220 g/mol. The van der Waals surface area contributed by atoms with E-state index in [1.54, 1.807) is 0 Å². The van der Waals surface area contributed by atoms with Gasteiger partial charge >= 0.3 is 0 Å². The second kappa shape index (κ2) is 4.94. The summed E-state index contributed by atoms with van der Waals surface area (Å²) in [5.41, 5.74) is 1.25. The van der Waals surface area contributed by atoms with Crippen molar-refractivity contribution in [1.29, 1.82) is 0 Å². The first-order chi connectivity index (χ1) is 4.95. The minimum absolute atomic E-state index is 0.0264. The van der Waals surface area contributed by atoms with E-state index in [9.17, 15) is 0 Å². The lowest BCUT2D eigenvalue weighted by atomic mass is 10.2. The van der Waals surface area contributed by atoms with Crippen molar-refractivity contribution in [2.24, 2.45) is 0 Å². The predicted molar refractivity (Wildman–Crippen MR) is 53.3 cm³/mol. The highest BCUT2D eigenvalue weighted by Crippen LogP contribution is 2.08. The molecule has 0 amide bonds. The van der Waals surface area contributed by atoms with Crippen LogP contribution >= 0.6 is 15.9 Å². The van der Waals surface area contributed by atoms with Crippen molar-refractivity contribution in [3.63, 3.8) is 0 Å². The summed E-state index contributed by atoms with van der Waals surface area (Å²) < 4.78 is 5.55. The fourth-order valence-electron chi connectivity index (χ4n) is 0.521. The maximum absolute atomic E-state index is 5.55. The highest BCUT2D eigenvalue weighted by atomic mass is 79.9. The molecule has 0 aromatic rings. The predicted octanol–water partition coefficient (Wildman–Crippen LogP) is 3.14. The lowest BCUT2D eigenvalue weighted by molar-refractivity contribution is 0.0111. The number of allylic oxidation sites excluding steroid dienone is 1. The average Bonchev–Trinajstić information content (AvgIpc) is 1.83. The summed E-state index contributed by atoms with van der Waals surface area (Å²) in [5, 5.41) is 0.909. The van der Waals surface area contributed by atoms with Crippen molar-refractivity contribution in [2.45, 2.75) is 33.3 Å². The smallest absolute Gasteiger partial charge is 0.0681 e. The summed E-state index contributed by atoms with van der Waals surface area (Å²) >= 11 is 3.34. The van der Waals surface area contributed by atoms with Gasteiger partial charge in [0.05, 0.1) is 12.2 Å². The summed E-state index contributed by atoms with van der Waals surface area (Å²) in [6.45, 7) is 9.00. The first-order valence-electron chi connectivity index (χ1n) is 3.81. The maximum atomic E-state index is 5.55. The molecule has 1 nitrogen and oxygen atoms in total. The normalized spacial score (nSPS) is 13.7. The van der Waals surface area contributed by atoms with E-state index in [-0.39, 0.29) is 5.60 Å². The molecule has 0 saturated heterocycles. The first kappa shape index (κ1) is 11.2. The van der Waals surface area contributed by atoms with Gasteiger partial charge in [-0.1, -0.05) is 27.6 Å². The number of ether oxygens (including phenoxy) is 1. The molecule has 0 saturated carbocycles. The molecular formula is C9H17BrO. The van der Waals surface area contributed by atoms with Crippen LogP contribution in [-0.2, 0) is 4.74 Å². The molecule has 2 heteroatoms. The molecule has 0 spiro atoms. The molecular weight excluding hydrogens is 204 g/mol. The zero-order valence-electron chi connectivity index (χ0n) is 7.78. The Labute approximate surface area is 78.0 Å². The number of halogens is 1. The summed E-state index contributed by atoms with van der Waals surface area (Å²) in [7, 11) is 0. The van der Waals surface area contributed by atoms with Crippen LogP contribution in [0.3, 0.4) is 0 Å². The minimum Gasteiger partial charge on any atom is -0.372 e. The Bertz CT molecular complexity index is 133. The Morgan fingerprint density at radius 1 is 1.45 bits per heavy atom. The Hall–Kier alpha value is 0.180. The largest absolute Gasteiger partial charge is 0.372 e. The van der Waals surface area contributed by atoms with Crippen LogP contribution in [0.15, 0.2) is 11.6 Å². The van der Waals surface area contributed by atoms with Crippen LogP contribution in [0.25, 0.3) is 0 Å². The van der Waals surface area contributed by atoms with Crippen molar-refractivity contribution in [3.8, 4) is 0 Å². The summed E-state index contributed by atoms with van der Waals surface area (Å²) in [5.74, 6) is 0. The molecule has 0 atom stereocenters. The molecule has 0 aliphatic heterocycles. The Kier molecular flexibility index (Phi) is 5.02. The van der Waals surface area contributed by atoms with Gasteiger partial charge in [0.2, 0.25) is 0 Å². The van der Waals surface area contributed by atoms with Crippen molar-refractivity contribution < 1.29 is 4.74 Å². The highest BCUT2D eigenvalue weighted by Gasteiger charge is 2.08. The van der Waals surface area contributed by atoms with E-state index in [1.165, 1.54) is 5.57 Å². The average molecular weight is 221 g/mol. The van der Waals surface area contributed by atoms with Crippen LogP contribution < -0.4 is 0 Å². The molecule has 0 heterocycles. The van der Waals surface area contributed by atoms with Crippen LogP contribution in [0.2, 0.25) is 0 Å². The highest BCUT2D eigenvalue weighted by molar-refractivity contribution is 9.09. The minimum atomic E-state index is -0.0264. The van der Waals surface area contributed by atoms with Crippen molar-refractivity contribution in [1.82, 2.24) is 0 Å². The third kappa shape index (κ3) is 8.08. The van der Waals surface area contributed by atoms with Gasteiger partial charge in [0, 0.05) is 5.33 Å². The molecule has 0 aromatic carbocycles. The second-order valence-electron chi connectivity index (χ2n) is 3.61. The fraction of sp³-hybridized carbons (Fsp3) is 0.778. The van der Waals surface area contributed by atoms with Gasteiger partial charge in [-0.25, -0.2) is 0 Å². The Balaban J connectivity index is 3.62. The van der Waals surface area contributed by atoms with Gasteiger partial charge in [-0.15, -0.1) is 0 Å². The first-order valence-corrected chi connectivity index (χ1v) is 4.93. The molecule has 0 rings (SSSR count). The van der Waals surface area contributed by atoms with Gasteiger partial charge in [0.15, 0.2) is 0 Å². The van der Waals surface area contributed by atoms with E-state index >= 15 is 0 Å². The number of hydrogen-bond acceptors (Lipinski definition) is 1. The van der Waals surface area contributed by atoms with Gasteiger partial charge < -0.3 is 4.74 Å². The van der Waals surface area contributed by atoms with Gasteiger partial charge in [-0.3, -0.25) is 0 Å². The van der Waals surface area contributed by atoms with Crippen LogP contribution in [0, 0.1) is 0 Å². The van der Waals surface area contributed by atoms with Gasteiger partial charge in [-0.05, 0) is 27.7 Å². The number of rotatable bonds is 3. The molecule has 0 aliphatic rings. The van der Waals surface area contributed by atoms with E-state index in [2.05, 4.69) is 49.7 Å². The lowest BCUT2D eigenvalue weighted by Gasteiger charge is -2.19. The Morgan fingerprint density at radius 3 is 2.36 bits per heavy atom. The number of hydrogen-bond donors (Lipinski definition) is 0. The molecule has 0 aliphatic carbocycles. The maximum Gasteiger partial charge on any atom is 0.0681 e. The standard InChI is InChI=1S/C9H17BrO/c1-8(5-6-10)7-11-9(2,3)4/h5H,6-7H2,1-4H3/b8-5-. The summed E-state index contributed by atoms with van der Waals surface area (Å²) in [6, 6.07) is 0. The summed E-state index contributed by atoms with van der Waals surface area (Å²) in [6.07, 6.45) is 2.12. The molecule has 0 aromatic heterocycles. The van der Waals surface area contributed by atoms with E-state index in [1.807, 2.05) is 0 Å². The fourth-order valence-corrected chi connectivity index (χ4v) is 1.07. The topological polar surface area (TPSA) is 9.23 Å².